The topological polar surface area (TPSA) is 35.9 Å². The zero-order chi connectivity index (χ0) is 20.3. The van der Waals surface area contributed by atoms with Gasteiger partial charge in [0, 0.05) is 50.7 Å². The highest BCUT2D eigenvalue weighted by Gasteiger charge is 2.20. The van der Waals surface area contributed by atoms with Crippen LogP contribution in [0.2, 0.25) is 0 Å². The lowest BCUT2D eigenvalue weighted by Gasteiger charge is -2.02. The lowest BCUT2D eigenvalue weighted by atomic mass is 10.1. The molecule has 0 bridgehead atoms. The van der Waals surface area contributed by atoms with E-state index in [0.29, 0.717) is 0 Å². The Morgan fingerprint density at radius 1 is 0.667 bits per heavy atom. The smallest absolute Gasteiger partial charge is 0.0678 e. The predicted molar refractivity (Wildman–Crippen MR) is 134 cm³/mol. The average molecular weight is 426 g/mol. The molecule has 0 spiro atoms. The number of rotatable bonds is 0. The molecular formula is C25H19N3S2. The van der Waals surface area contributed by atoms with Crippen LogP contribution in [-0.2, 0) is 14.1 Å². The summed E-state index contributed by atoms with van der Waals surface area (Å²) in [5, 5.41) is 5.31. The van der Waals surface area contributed by atoms with Gasteiger partial charge in [0.05, 0.1) is 31.5 Å². The van der Waals surface area contributed by atoms with Crippen LogP contribution in [0.4, 0.5) is 5.69 Å². The molecule has 0 aliphatic rings. The molecule has 30 heavy (non-hydrogen) atoms. The summed E-state index contributed by atoms with van der Waals surface area (Å²) in [6.45, 7) is 2.17. The van der Waals surface area contributed by atoms with Gasteiger partial charge < -0.3 is 14.9 Å². The molecular weight excluding hydrogens is 406 g/mol. The molecule has 4 aromatic heterocycles. The third kappa shape index (κ3) is 1.90. The Kier molecular flexibility index (Phi) is 2.99. The lowest BCUT2D eigenvalue weighted by Crippen LogP contribution is -1.89. The van der Waals surface area contributed by atoms with E-state index in [4.69, 9.17) is 5.73 Å². The van der Waals surface area contributed by atoms with Crippen LogP contribution in [0.3, 0.4) is 0 Å². The van der Waals surface area contributed by atoms with Crippen LogP contribution in [-0.4, -0.2) is 9.13 Å². The highest BCUT2D eigenvalue weighted by Crippen LogP contribution is 2.45. The number of aryl methyl sites for hydroxylation is 3. The number of hydrogen-bond acceptors (Lipinski definition) is 3. The first-order chi connectivity index (χ1) is 14.5. The first-order valence-corrected chi connectivity index (χ1v) is 11.7. The van der Waals surface area contributed by atoms with Gasteiger partial charge in [-0.3, -0.25) is 0 Å². The molecule has 146 valence electrons. The summed E-state index contributed by atoms with van der Waals surface area (Å²) in [5.41, 5.74) is 13.4. The average Bonchev–Trinajstić information content (AvgIpc) is 3.41. The Morgan fingerprint density at radius 3 is 1.80 bits per heavy atom. The molecule has 4 heterocycles. The van der Waals surface area contributed by atoms with E-state index in [0.717, 1.165) is 5.69 Å². The lowest BCUT2D eigenvalue weighted by molar-refractivity contribution is 1.01. The third-order valence-corrected chi connectivity index (χ3v) is 8.85. The van der Waals surface area contributed by atoms with Crippen molar-refractivity contribution in [1.82, 2.24) is 9.13 Å². The van der Waals surface area contributed by atoms with Crippen molar-refractivity contribution in [3.05, 3.63) is 54.1 Å². The summed E-state index contributed by atoms with van der Waals surface area (Å²) in [6, 6.07) is 17.8. The number of fused-ring (bicyclic) bond motifs is 10. The summed E-state index contributed by atoms with van der Waals surface area (Å²) in [7, 11) is 4.39. The number of anilines is 1. The van der Waals surface area contributed by atoms with E-state index >= 15 is 0 Å². The molecule has 0 radical (unpaired) electrons. The number of nitrogens with zero attached hydrogens (tertiary/aromatic N) is 2. The molecule has 5 heteroatoms. The van der Waals surface area contributed by atoms with Crippen molar-refractivity contribution in [3.63, 3.8) is 0 Å². The van der Waals surface area contributed by atoms with Gasteiger partial charge in [-0.05, 0) is 48.9 Å². The van der Waals surface area contributed by atoms with Crippen LogP contribution in [0.1, 0.15) is 5.56 Å². The maximum absolute atomic E-state index is 6.04. The maximum Gasteiger partial charge on any atom is 0.0678 e. The second-order valence-electron chi connectivity index (χ2n) is 8.32. The van der Waals surface area contributed by atoms with E-state index in [9.17, 15) is 0 Å². The number of nitrogen functional groups attached to an aromatic ring is 1. The zero-order valence-electron chi connectivity index (χ0n) is 16.9. The van der Waals surface area contributed by atoms with Gasteiger partial charge >= 0.3 is 0 Å². The quantitative estimate of drug-likeness (QED) is 0.254. The number of thiophene rings is 2. The molecule has 0 aliphatic heterocycles. The van der Waals surface area contributed by atoms with Crippen LogP contribution in [0.5, 0.6) is 0 Å². The summed E-state index contributed by atoms with van der Waals surface area (Å²) in [4.78, 5) is 0. The van der Waals surface area contributed by atoms with Crippen LogP contribution >= 0.6 is 22.7 Å². The van der Waals surface area contributed by atoms with E-state index in [-0.39, 0.29) is 0 Å². The van der Waals surface area contributed by atoms with Crippen molar-refractivity contribution in [1.29, 1.82) is 0 Å². The van der Waals surface area contributed by atoms with Crippen molar-refractivity contribution >= 4 is 90.8 Å². The second-order valence-corrected chi connectivity index (χ2v) is 10.4. The monoisotopic (exact) mass is 425 g/mol. The van der Waals surface area contributed by atoms with Crippen LogP contribution in [0.25, 0.3) is 62.4 Å². The molecule has 7 rings (SSSR count). The summed E-state index contributed by atoms with van der Waals surface area (Å²) in [5.74, 6) is 0. The predicted octanol–water partition coefficient (Wildman–Crippen LogP) is 7.30. The van der Waals surface area contributed by atoms with E-state index in [1.807, 2.05) is 28.7 Å². The fraction of sp³-hybridized carbons (Fsp3) is 0.120. The summed E-state index contributed by atoms with van der Waals surface area (Å²) < 4.78 is 10.1. The number of nitrogens with two attached hydrogens (primary N) is 1. The molecule has 0 atom stereocenters. The standard InChI is InChI=1S/C25H19N3S2/c1-12-4-6-14-20(8-12)29-24-16-10-19-17(11-18(16)27(2)22(14)24)25-23(28(19)3)15-7-5-13(26)9-21(15)30-25/h4-11H,26H2,1-3H3. The zero-order valence-corrected chi connectivity index (χ0v) is 18.5. The number of benzene rings is 3. The van der Waals surface area contributed by atoms with E-state index < -0.39 is 0 Å². The minimum atomic E-state index is 0.825. The second kappa shape index (κ2) is 5.36. The Hall–Kier alpha value is -3.02. The van der Waals surface area contributed by atoms with Crippen molar-refractivity contribution in [3.8, 4) is 0 Å². The Bertz CT molecular complexity index is 1700. The van der Waals surface area contributed by atoms with Crippen LogP contribution in [0, 0.1) is 6.92 Å². The third-order valence-electron chi connectivity index (χ3n) is 6.50. The van der Waals surface area contributed by atoms with Gasteiger partial charge in [-0.25, -0.2) is 0 Å². The van der Waals surface area contributed by atoms with E-state index in [1.165, 1.54) is 68.0 Å². The number of hydrogen-bond donors (Lipinski definition) is 1. The Morgan fingerprint density at radius 2 is 1.20 bits per heavy atom. The summed E-state index contributed by atoms with van der Waals surface area (Å²) in [6.07, 6.45) is 0. The molecule has 0 saturated carbocycles. The minimum Gasteiger partial charge on any atom is -0.399 e. The Labute approximate surface area is 180 Å². The highest BCUT2D eigenvalue weighted by atomic mass is 32.1. The SMILES string of the molecule is Cc1ccc2c(c1)sc1c3cc4c(cc3n(C)c21)c1sc2cc(N)ccc2c1n4C. The maximum atomic E-state index is 6.04. The van der Waals surface area contributed by atoms with Crippen molar-refractivity contribution in [2.75, 3.05) is 5.73 Å². The fourth-order valence-corrected chi connectivity index (χ4v) is 7.72. The van der Waals surface area contributed by atoms with Crippen molar-refractivity contribution in [2.45, 2.75) is 6.92 Å². The molecule has 7 aromatic rings. The molecule has 0 saturated heterocycles. The summed E-state index contributed by atoms with van der Waals surface area (Å²) >= 11 is 3.76. The van der Waals surface area contributed by atoms with Gasteiger partial charge in [0.25, 0.3) is 0 Å². The molecule has 0 unspecified atom stereocenters. The van der Waals surface area contributed by atoms with Gasteiger partial charge in [0.15, 0.2) is 0 Å². The van der Waals surface area contributed by atoms with Gasteiger partial charge in [0.2, 0.25) is 0 Å². The normalized spacial score (nSPS) is 12.6. The molecule has 3 nitrogen and oxygen atoms in total. The van der Waals surface area contributed by atoms with Gasteiger partial charge in [-0.15, -0.1) is 22.7 Å². The Balaban J connectivity index is 1.68. The van der Waals surface area contributed by atoms with E-state index in [1.54, 1.807) is 0 Å². The number of aromatic nitrogens is 2. The first-order valence-electron chi connectivity index (χ1n) is 10.0. The molecule has 0 aliphatic carbocycles. The molecule has 0 fully saturated rings. The van der Waals surface area contributed by atoms with Crippen molar-refractivity contribution in [2.24, 2.45) is 14.1 Å². The largest absolute Gasteiger partial charge is 0.399 e. The molecule has 3 aromatic carbocycles. The van der Waals surface area contributed by atoms with E-state index in [2.05, 4.69) is 72.6 Å². The highest BCUT2D eigenvalue weighted by molar-refractivity contribution is 7.27. The molecule has 2 N–H and O–H groups in total. The van der Waals surface area contributed by atoms with Gasteiger partial charge in [-0.1, -0.05) is 12.1 Å². The minimum absolute atomic E-state index is 0.825. The van der Waals surface area contributed by atoms with Crippen molar-refractivity contribution < 1.29 is 0 Å². The van der Waals surface area contributed by atoms with Crippen LogP contribution < -0.4 is 5.73 Å². The van der Waals surface area contributed by atoms with Crippen LogP contribution in [0.15, 0.2) is 48.5 Å². The van der Waals surface area contributed by atoms with Gasteiger partial charge in [-0.2, -0.15) is 0 Å². The first kappa shape index (κ1) is 16.7. The van der Waals surface area contributed by atoms with Gasteiger partial charge in [0.1, 0.15) is 0 Å². The molecule has 0 amide bonds. The fourth-order valence-electron chi connectivity index (χ4n) is 5.06.